The number of hydrogen-bond acceptors (Lipinski definition) is 4. The lowest BCUT2D eigenvalue weighted by atomic mass is 10.2. The molecular formula is C12H11FN4S. The zero-order chi connectivity index (χ0) is 13.1. The smallest absolute Gasteiger partial charge is 0.141 e. The van der Waals surface area contributed by atoms with E-state index >= 15 is 0 Å². The second-order valence-corrected chi connectivity index (χ2v) is 4.46. The highest BCUT2D eigenvalue weighted by Gasteiger charge is 2.14. The Balaban J connectivity index is 2.36. The molecule has 0 amide bonds. The Morgan fingerprint density at radius 1 is 1.56 bits per heavy atom. The van der Waals surface area contributed by atoms with Crippen LogP contribution in [0.3, 0.4) is 0 Å². The van der Waals surface area contributed by atoms with Crippen molar-refractivity contribution in [1.82, 2.24) is 9.78 Å². The van der Waals surface area contributed by atoms with Crippen molar-refractivity contribution in [2.45, 2.75) is 11.6 Å². The third kappa shape index (κ3) is 2.31. The molecule has 6 heteroatoms. The first-order chi connectivity index (χ1) is 8.65. The standard InChI is InChI=1S/C12H11FN4S/c1-18-12-10(6-14)11(15)17(16-12)7-8-3-2-4-9(13)5-8/h2-5H,7,15H2,1H3. The van der Waals surface area contributed by atoms with Gasteiger partial charge in [-0.05, 0) is 24.0 Å². The SMILES string of the molecule is CSc1nn(Cc2cccc(F)c2)c(N)c1C#N. The molecule has 1 aromatic heterocycles. The topological polar surface area (TPSA) is 67.6 Å². The molecule has 4 nitrogen and oxygen atoms in total. The number of aromatic nitrogens is 2. The summed E-state index contributed by atoms with van der Waals surface area (Å²) in [6.45, 7) is 0.346. The van der Waals surface area contributed by atoms with Crippen LogP contribution in [0, 0.1) is 17.1 Å². The number of thioether (sulfide) groups is 1. The van der Waals surface area contributed by atoms with Gasteiger partial charge >= 0.3 is 0 Å². The Kier molecular flexibility index (Phi) is 3.53. The number of rotatable bonds is 3. The van der Waals surface area contributed by atoms with Gasteiger partial charge in [0.15, 0.2) is 0 Å². The molecule has 2 rings (SSSR count). The van der Waals surface area contributed by atoms with Gasteiger partial charge in [0.05, 0.1) is 6.54 Å². The van der Waals surface area contributed by atoms with Crippen LogP contribution in [0.2, 0.25) is 0 Å². The number of benzene rings is 1. The molecule has 2 aromatic rings. The molecule has 0 atom stereocenters. The molecule has 0 saturated carbocycles. The van der Waals surface area contributed by atoms with E-state index in [2.05, 4.69) is 5.10 Å². The molecule has 0 unspecified atom stereocenters. The van der Waals surface area contributed by atoms with Crippen LogP contribution in [-0.4, -0.2) is 16.0 Å². The molecule has 0 radical (unpaired) electrons. The highest BCUT2D eigenvalue weighted by atomic mass is 32.2. The van der Waals surface area contributed by atoms with Gasteiger partial charge in [-0.1, -0.05) is 12.1 Å². The zero-order valence-electron chi connectivity index (χ0n) is 9.72. The zero-order valence-corrected chi connectivity index (χ0v) is 10.5. The first-order valence-corrected chi connectivity index (χ1v) is 6.43. The number of nitrogen functional groups attached to an aromatic ring is 1. The summed E-state index contributed by atoms with van der Waals surface area (Å²) < 4.78 is 14.6. The van der Waals surface area contributed by atoms with Gasteiger partial charge in [0.2, 0.25) is 0 Å². The average Bonchev–Trinajstić information content (AvgIpc) is 2.66. The molecule has 92 valence electrons. The molecule has 0 spiro atoms. The van der Waals surface area contributed by atoms with Crippen LogP contribution in [0.5, 0.6) is 0 Å². The number of halogens is 1. The predicted octanol–water partition coefficient (Wildman–Crippen LogP) is 2.25. The second-order valence-electron chi connectivity index (χ2n) is 3.67. The first-order valence-electron chi connectivity index (χ1n) is 5.20. The van der Waals surface area contributed by atoms with Crippen molar-refractivity contribution >= 4 is 17.6 Å². The van der Waals surface area contributed by atoms with Gasteiger partial charge in [-0.3, -0.25) is 0 Å². The third-order valence-electron chi connectivity index (χ3n) is 2.49. The molecule has 0 fully saturated rings. The van der Waals surface area contributed by atoms with E-state index in [-0.39, 0.29) is 5.82 Å². The summed E-state index contributed by atoms with van der Waals surface area (Å²) >= 11 is 1.36. The van der Waals surface area contributed by atoms with Crippen LogP contribution < -0.4 is 5.73 Å². The highest BCUT2D eigenvalue weighted by Crippen LogP contribution is 2.24. The largest absolute Gasteiger partial charge is 0.383 e. The van der Waals surface area contributed by atoms with Gasteiger partial charge in [-0.15, -0.1) is 11.8 Å². The van der Waals surface area contributed by atoms with Crippen LogP contribution in [0.15, 0.2) is 29.3 Å². The number of nitrogens with two attached hydrogens (primary N) is 1. The van der Waals surface area contributed by atoms with Crippen molar-refractivity contribution in [2.24, 2.45) is 0 Å². The lowest BCUT2D eigenvalue weighted by Crippen LogP contribution is -2.06. The van der Waals surface area contributed by atoms with Crippen molar-refractivity contribution in [3.05, 3.63) is 41.2 Å². The molecule has 2 N–H and O–H groups in total. The Morgan fingerprint density at radius 3 is 2.89 bits per heavy atom. The molecule has 1 aromatic carbocycles. The number of nitrogens with zero attached hydrogens (tertiary/aromatic N) is 3. The van der Waals surface area contributed by atoms with Gasteiger partial charge in [0, 0.05) is 0 Å². The summed E-state index contributed by atoms with van der Waals surface area (Å²) in [5.74, 6) is 0.00920. The fourth-order valence-electron chi connectivity index (χ4n) is 1.63. The van der Waals surface area contributed by atoms with Crippen molar-refractivity contribution < 1.29 is 4.39 Å². The van der Waals surface area contributed by atoms with E-state index in [9.17, 15) is 4.39 Å². The maximum atomic E-state index is 13.1. The van der Waals surface area contributed by atoms with Gasteiger partial charge in [-0.2, -0.15) is 10.4 Å². The quantitative estimate of drug-likeness (QED) is 0.861. The van der Waals surface area contributed by atoms with E-state index in [0.29, 0.717) is 23.0 Å². The molecule has 18 heavy (non-hydrogen) atoms. The molecule has 0 aliphatic carbocycles. The van der Waals surface area contributed by atoms with E-state index < -0.39 is 0 Å². The average molecular weight is 262 g/mol. The van der Waals surface area contributed by atoms with Crippen LogP contribution in [0.25, 0.3) is 0 Å². The van der Waals surface area contributed by atoms with Crippen molar-refractivity contribution in [1.29, 1.82) is 5.26 Å². The Hall–Kier alpha value is -2.00. The van der Waals surface area contributed by atoms with Gasteiger partial charge < -0.3 is 5.73 Å². The predicted molar refractivity (Wildman–Crippen MR) is 68.6 cm³/mol. The summed E-state index contributed by atoms with van der Waals surface area (Å²) in [5, 5.41) is 13.8. The lowest BCUT2D eigenvalue weighted by molar-refractivity contribution is 0.618. The van der Waals surface area contributed by atoms with E-state index in [1.165, 1.54) is 28.6 Å². The second kappa shape index (κ2) is 5.10. The van der Waals surface area contributed by atoms with Crippen LogP contribution >= 0.6 is 11.8 Å². The van der Waals surface area contributed by atoms with Crippen LogP contribution in [-0.2, 0) is 6.54 Å². The third-order valence-corrected chi connectivity index (χ3v) is 3.16. The fourth-order valence-corrected chi connectivity index (χ4v) is 2.16. The number of nitriles is 1. The monoisotopic (exact) mass is 262 g/mol. The minimum Gasteiger partial charge on any atom is -0.383 e. The van der Waals surface area contributed by atoms with E-state index in [4.69, 9.17) is 11.0 Å². The normalized spacial score (nSPS) is 10.3. The Labute approximate surface area is 108 Å². The van der Waals surface area contributed by atoms with Crippen molar-refractivity contribution in [3.8, 4) is 6.07 Å². The van der Waals surface area contributed by atoms with E-state index in [0.717, 1.165) is 5.56 Å². The minimum atomic E-state index is -0.302. The first kappa shape index (κ1) is 12.5. The lowest BCUT2D eigenvalue weighted by Gasteiger charge is -2.04. The summed E-state index contributed by atoms with van der Waals surface area (Å²) in [6, 6.07) is 8.25. The molecule has 0 aliphatic rings. The molecule has 0 aliphatic heterocycles. The van der Waals surface area contributed by atoms with E-state index in [1.54, 1.807) is 12.1 Å². The van der Waals surface area contributed by atoms with Crippen LogP contribution in [0.4, 0.5) is 10.2 Å². The maximum absolute atomic E-state index is 13.1. The summed E-state index contributed by atoms with van der Waals surface area (Å²) in [4.78, 5) is 0. The van der Waals surface area contributed by atoms with Crippen molar-refractivity contribution in [2.75, 3.05) is 12.0 Å². The van der Waals surface area contributed by atoms with Gasteiger partial charge in [0.25, 0.3) is 0 Å². The maximum Gasteiger partial charge on any atom is 0.141 e. The minimum absolute atomic E-state index is 0.302. The molecule has 0 bridgehead atoms. The number of hydrogen-bond donors (Lipinski definition) is 1. The fraction of sp³-hybridized carbons (Fsp3) is 0.167. The molecule has 0 saturated heterocycles. The molecule has 1 heterocycles. The summed E-state index contributed by atoms with van der Waals surface area (Å²) in [6.07, 6.45) is 1.83. The highest BCUT2D eigenvalue weighted by molar-refractivity contribution is 7.98. The van der Waals surface area contributed by atoms with Crippen LogP contribution in [0.1, 0.15) is 11.1 Å². The Bertz CT molecular complexity index is 615. The summed E-state index contributed by atoms with van der Waals surface area (Å²) in [7, 11) is 0. The Morgan fingerprint density at radius 2 is 2.33 bits per heavy atom. The van der Waals surface area contributed by atoms with Gasteiger partial charge in [0.1, 0.15) is 28.3 Å². The van der Waals surface area contributed by atoms with Crippen molar-refractivity contribution in [3.63, 3.8) is 0 Å². The number of anilines is 1. The molecular weight excluding hydrogens is 251 g/mol. The van der Waals surface area contributed by atoms with E-state index in [1.807, 2.05) is 12.3 Å². The summed E-state index contributed by atoms with van der Waals surface area (Å²) in [5.41, 5.74) is 6.97. The van der Waals surface area contributed by atoms with Gasteiger partial charge in [-0.25, -0.2) is 9.07 Å².